The summed E-state index contributed by atoms with van der Waals surface area (Å²) >= 11 is 0. The molecular formula is C19H25N3O6. The second-order valence-corrected chi connectivity index (χ2v) is 6.38. The van der Waals surface area contributed by atoms with E-state index in [9.17, 15) is 14.7 Å². The first-order valence-electron chi connectivity index (χ1n) is 9.38. The molecule has 2 N–H and O–H groups in total. The summed E-state index contributed by atoms with van der Waals surface area (Å²) in [6.07, 6.45) is 0. The van der Waals surface area contributed by atoms with E-state index in [2.05, 4.69) is 10.3 Å². The minimum Gasteiger partial charge on any atom is -0.504 e. The number of rotatable bonds is 5. The third-order valence-corrected chi connectivity index (χ3v) is 4.57. The van der Waals surface area contributed by atoms with Gasteiger partial charge in [0.1, 0.15) is 6.04 Å². The quantitative estimate of drug-likeness (QED) is 0.565. The molecule has 1 fully saturated rings. The molecule has 0 aliphatic carbocycles. The molecule has 2 heterocycles. The molecule has 0 spiro atoms. The van der Waals surface area contributed by atoms with E-state index in [0.29, 0.717) is 44.4 Å². The minimum atomic E-state index is -1.12. The molecule has 2 aliphatic rings. The summed E-state index contributed by atoms with van der Waals surface area (Å²) in [5, 5.41) is 12.7. The van der Waals surface area contributed by atoms with Crippen LogP contribution in [0.15, 0.2) is 23.2 Å². The number of ether oxygens (including phenoxy) is 3. The molecule has 152 valence electrons. The van der Waals surface area contributed by atoms with Crippen LogP contribution in [0.2, 0.25) is 0 Å². The van der Waals surface area contributed by atoms with Gasteiger partial charge in [-0.1, -0.05) is 6.07 Å². The zero-order chi connectivity index (χ0) is 20.1. The number of benzene rings is 1. The van der Waals surface area contributed by atoms with E-state index in [1.54, 1.807) is 26.0 Å². The Labute approximate surface area is 163 Å². The molecule has 1 aromatic rings. The number of phenolic OH excluding ortho intramolecular Hbond substituents is 1. The Morgan fingerprint density at radius 1 is 1.32 bits per heavy atom. The largest absolute Gasteiger partial charge is 0.504 e. The highest BCUT2D eigenvalue weighted by molar-refractivity contribution is 6.08. The number of nitrogens with zero attached hydrogens (tertiary/aromatic N) is 2. The monoisotopic (exact) mass is 391 g/mol. The van der Waals surface area contributed by atoms with Crippen LogP contribution < -0.4 is 10.1 Å². The molecule has 9 heteroatoms. The Balaban J connectivity index is 2.00. The first-order valence-corrected chi connectivity index (χ1v) is 9.38. The number of hydrogen-bond donors (Lipinski definition) is 2. The molecule has 28 heavy (non-hydrogen) atoms. The fourth-order valence-electron chi connectivity index (χ4n) is 3.23. The van der Waals surface area contributed by atoms with Crippen LogP contribution in [-0.4, -0.2) is 67.4 Å². The van der Waals surface area contributed by atoms with Crippen molar-refractivity contribution in [2.75, 3.05) is 39.5 Å². The van der Waals surface area contributed by atoms with Crippen LogP contribution in [0.25, 0.3) is 0 Å². The number of hydrogen-bond acceptors (Lipinski definition) is 8. The lowest BCUT2D eigenvalue weighted by Crippen LogP contribution is -2.55. The van der Waals surface area contributed by atoms with Crippen molar-refractivity contribution >= 4 is 17.8 Å². The van der Waals surface area contributed by atoms with E-state index in [1.165, 1.54) is 6.07 Å². The summed E-state index contributed by atoms with van der Waals surface area (Å²) in [7, 11) is 0. The molecule has 0 bridgehead atoms. The SMILES string of the molecule is CCOC(=O)[C@H]1C(=O)NC(N2CCOCC2)=N[C@@H]1c1ccc(O)c(OCC)c1. The Morgan fingerprint density at radius 2 is 2.07 bits per heavy atom. The maximum absolute atomic E-state index is 12.8. The smallest absolute Gasteiger partial charge is 0.321 e. The lowest BCUT2D eigenvalue weighted by Gasteiger charge is -2.35. The van der Waals surface area contributed by atoms with Gasteiger partial charge in [-0.05, 0) is 31.5 Å². The number of esters is 1. The van der Waals surface area contributed by atoms with Crippen LogP contribution in [0.5, 0.6) is 11.5 Å². The lowest BCUT2D eigenvalue weighted by atomic mass is 9.91. The summed E-state index contributed by atoms with van der Waals surface area (Å²) < 4.78 is 15.9. The molecule has 0 saturated carbocycles. The van der Waals surface area contributed by atoms with Gasteiger partial charge in [-0.15, -0.1) is 0 Å². The van der Waals surface area contributed by atoms with Crippen LogP contribution >= 0.6 is 0 Å². The summed E-state index contributed by atoms with van der Waals surface area (Å²) in [6.45, 7) is 6.27. The Bertz CT molecular complexity index is 760. The van der Waals surface area contributed by atoms with Crippen molar-refractivity contribution < 1.29 is 28.9 Å². The predicted octanol–water partition coefficient (Wildman–Crippen LogP) is 0.829. The lowest BCUT2D eigenvalue weighted by molar-refractivity contribution is -0.153. The van der Waals surface area contributed by atoms with Gasteiger partial charge in [-0.3, -0.25) is 14.9 Å². The van der Waals surface area contributed by atoms with E-state index < -0.39 is 23.8 Å². The van der Waals surface area contributed by atoms with Gasteiger partial charge in [0.2, 0.25) is 11.9 Å². The predicted molar refractivity (Wildman–Crippen MR) is 100 cm³/mol. The van der Waals surface area contributed by atoms with Gasteiger partial charge in [0, 0.05) is 13.1 Å². The van der Waals surface area contributed by atoms with Gasteiger partial charge in [-0.2, -0.15) is 0 Å². The van der Waals surface area contributed by atoms with Gasteiger partial charge in [0.05, 0.1) is 26.4 Å². The number of aliphatic imine (C=N–C) groups is 1. The average molecular weight is 391 g/mol. The van der Waals surface area contributed by atoms with Crippen LogP contribution in [0.1, 0.15) is 25.5 Å². The van der Waals surface area contributed by atoms with Crippen molar-refractivity contribution in [2.45, 2.75) is 19.9 Å². The van der Waals surface area contributed by atoms with E-state index in [4.69, 9.17) is 14.2 Å². The number of carbonyl (C=O) groups is 2. The number of carbonyl (C=O) groups excluding carboxylic acids is 2. The molecule has 2 atom stereocenters. The Hall–Kier alpha value is -2.81. The van der Waals surface area contributed by atoms with Gasteiger partial charge in [-0.25, -0.2) is 4.99 Å². The van der Waals surface area contributed by atoms with E-state index in [1.807, 2.05) is 4.90 Å². The normalized spacial score (nSPS) is 22.3. The van der Waals surface area contributed by atoms with E-state index >= 15 is 0 Å². The van der Waals surface area contributed by atoms with Crippen LogP contribution in [0.4, 0.5) is 0 Å². The fourth-order valence-corrected chi connectivity index (χ4v) is 3.23. The highest BCUT2D eigenvalue weighted by Gasteiger charge is 2.42. The standard InChI is InChI=1S/C19H25N3O6/c1-3-27-14-11-12(5-6-13(14)23)16-15(18(25)28-4-2)17(24)21-19(20-16)22-7-9-26-10-8-22/h5-6,11,15-16,23H,3-4,7-10H2,1-2H3,(H,20,21,24)/t15-,16-/m1/s1. The van der Waals surface area contributed by atoms with E-state index in [-0.39, 0.29) is 18.1 Å². The average Bonchev–Trinajstić information content (AvgIpc) is 2.70. The number of morpholine rings is 1. The molecule has 1 saturated heterocycles. The fraction of sp³-hybridized carbons (Fsp3) is 0.526. The summed E-state index contributed by atoms with van der Waals surface area (Å²) in [6, 6.07) is 3.92. The number of guanidine groups is 1. The van der Waals surface area contributed by atoms with Crippen LogP contribution in [0, 0.1) is 5.92 Å². The second kappa shape index (κ2) is 8.92. The van der Waals surface area contributed by atoms with Crippen molar-refractivity contribution in [1.82, 2.24) is 10.2 Å². The minimum absolute atomic E-state index is 0.0177. The molecule has 0 aromatic heterocycles. The van der Waals surface area contributed by atoms with Gasteiger partial charge < -0.3 is 24.2 Å². The topological polar surface area (TPSA) is 110 Å². The first-order chi connectivity index (χ1) is 13.5. The molecular weight excluding hydrogens is 366 g/mol. The first kappa shape index (κ1) is 19.9. The molecule has 1 aromatic carbocycles. The number of nitrogens with one attached hydrogen (secondary N) is 1. The molecule has 3 rings (SSSR count). The number of amides is 1. The maximum Gasteiger partial charge on any atom is 0.321 e. The van der Waals surface area contributed by atoms with Crippen LogP contribution in [0.3, 0.4) is 0 Å². The van der Waals surface area contributed by atoms with E-state index in [0.717, 1.165) is 0 Å². The molecule has 0 radical (unpaired) electrons. The summed E-state index contributed by atoms with van der Waals surface area (Å²) in [5.74, 6) is -1.56. The maximum atomic E-state index is 12.8. The number of phenols is 1. The zero-order valence-corrected chi connectivity index (χ0v) is 16.0. The van der Waals surface area contributed by atoms with Gasteiger partial charge in [0.25, 0.3) is 0 Å². The highest BCUT2D eigenvalue weighted by atomic mass is 16.5. The van der Waals surface area contributed by atoms with Crippen molar-refractivity contribution in [1.29, 1.82) is 0 Å². The van der Waals surface area contributed by atoms with Gasteiger partial charge in [0.15, 0.2) is 17.4 Å². The summed E-state index contributed by atoms with van der Waals surface area (Å²) in [5.41, 5.74) is 0.583. The summed E-state index contributed by atoms with van der Waals surface area (Å²) in [4.78, 5) is 31.9. The second-order valence-electron chi connectivity index (χ2n) is 6.38. The third-order valence-electron chi connectivity index (χ3n) is 4.57. The zero-order valence-electron chi connectivity index (χ0n) is 16.0. The highest BCUT2D eigenvalue weighted by Crippen LogP contribution is 2.36. The number of aromatic hydroxyl groups is 1. The molecule has 9 nitrogen and oxygen atoms in total. The Morgan fingerprint density at radius 3 is 2.75 bits per heavy atom. The molecule has 0 unspecified atom stereocenters. The van der Waals surface area contributed by atoms with Crippen molar-refractivity contribution in [3.63, 3.8) is 0 Å². The van der Waals surface area contributed by atoms with Crippen molar-refractivity contribution in [2.24, 2.45) is 10.9 Å². The molecule has 2 aliphatic heterocycles. The molecule has 1 amide bonds. The Kier molecular flexibility index (Phi) is 6.35. The van der Waals surface area contributed by atoms with Crippen LogP contribution in [-0.2, 0) is 19.1 Å². The van der Waals surface area contributed by atoms with Gasteiger partial charge >= 0.3 is 5.97 Å². The third kappa shape index (κ3) is 4.19. The van der Waals surface area contributed by atoms with Crippen molar-refractivity contribution in [3.8, 4) is 11.5 Å². The van der Waals surface area contributed by atoms with Crippen molar-refractivity contribution in [3.05, 3.63) is 23.8 Å².